The summed E-state index contributed by atoms with van der Waals surface area (Å²) in [7, 11) is 0. The molecule has 0 bridgehead atoms. The maximum Gasteiger partial charge on any atom is 0.248 e. The van der Waals surface area contributed by atoms with E-state index in [9.17, 15) is 9.90 Å². The Morgan fingerprint density at radius 2 is 1.88 bits per heavy atom. The van der Waals surface area contributed by atoms with Gasteiger partial charge in [-0.05, 0) is 47.9 Å². The molecule has 0 aliphatic carbocycles. The molecule has 2 aromatic rings. The van der Waals surface area contributed by atoms with Crippen molar-refractivity contribution in [1.29, 1.82) is 0 Å². The number of aromatic hydroxyl groups is 1. The predicted octanol–water partition coefficient (Wildman–Crippen LogP) is 2.47. The monoisotopic (exact) mass is 227 g/mol. The minimum absolute atomic E-state index is 0.212. The fourth-order valence-corrected chi connectivity index (χ4v) is 1.78. The van der Waals surface area contributed by atoms with Gasteiger partial charge in [0.2, 0.25) is 5.91 Å². The molecule has 2 rings (SSSR count). The molecule has 0 radical (unpaired) electrons. The third kappa shape index (κ3) is 2.45. The van der Waals surface area contributed by atoms with Crippen LogP contribution in [0.2, 0.25) is 0 Å². The van der Waals surface area contributed by atoms with Crippen LogP contribution in [0, 0.1) is 6.92 Å². The summed E-state index contributed by atoms with van der Waals surface area (Å²) in [6, 6.07) is 12.3. The van der Waals surface area contributed by atoms with Crippen molar-refractivity contribution in [3.63, 3.8) is 0 Å². The lowest BCUT2D eigenvalue weighted by Crippen LogP contribution is -2.10. The Labute approximate surface area is 99.5 Å². The maximum atomic E-state index is 11.1. The zero-order valence-corrected chi connectivity index (χ0v) is 9.47. The van der Waals surface area contributed by atoms with Crippen molar-refractivity contribution in [2.24, 2.45) is 5.73 Å². The molecule has 0 heterocycles. The highest BCUT2D eigenvalue weighted by atomic mass is 16.3. The third-order valence-corrected chi connectivity index (χ3v) is 2.54. The van der Waals surface area contributed by atoms with E-state index in [4.69, 9.17) is 5.73 Å². The Balaban J connectivity index is 2.52. The predicted molar refractivity (Wildman–Crippen MR) is 66.8 cm³/mol. The Kier molecular flexibility index (Phi) is 2.83. The van der Waals surface area contributed by atoms with E-state index in [1.807, 2.05) is 19.1 Å². The van der Waals surface area contributed by atoms with E-state index in [-0.39, 0.29) is 5.75 Å². The number of benzene rings is 2. The summed E-state index contributed by atoms with van der Waals surface area (Å²) < 4.78 is 0. The zero-order chi connectivity index (χ0) is 12.4. The molecule has 2 aromatic carbocycles. The van der Waals surface area contributed by atoms with Crippen LogP contribution in [-0.2, 0) is 0 Å². The number of carbonyl (C=O) groups is 1. The van der Waals surface area contributed by atoms with Crippen LogP contribution in [0.4, 0.5) is 0 Å². The van der Waals surface area contributed by atoms with Gasteiger partial charge in [0.15, 0.2) is 0 Å². The van der Waals surface area contributed by atoms with Crippen LogP contribution in [0.5, 0.6) is 5.75 Å². The molecule has 0 fully saturated rings. The van der Waals surface area contributed by atoms with E-state index in [1.165, 1.54) is 0 Å². The van der Waals surface area contributed by atoms with E-state index in [2.05, 4.69) is 0 Å². The molecule has 0 unspecified atom stereocenters. The van der Waals surface area contributed by atoms with Crippen LogP contribution in [-0.4, -0.2) is 11.0 Å². The number of primary amides is 1. The first-order chi connectivity index (χ1) is 8.06. The maximum absolute atomic E-state index is 11.1. The Hall–Kier alpha value is -2.29. The number of amides is 1. The Bertz CT molecular complexity index is 556. The topological polar surface area (TPSA) is 63.3 Å². The lowest BCUT2D eigenvalue weighted by atomic mass is 10.0. The van der Waals surface area contributed by atoms with Gasteiger partial charge in [-0.15, -0.1) is 0 Å². The molecule has 3 heteroatoms. The van der Waals surface area contributed by atoms with Crippen molar-refractivity contribution in [2.45, 2.75) is 6.92 Å². The number of phenols is 1. The van der Waals surface area contributed by atoms with Gasteiger partial charge >= 0.3 is 0 Å². The molecule has 1 amide bonds. The Morgan fingerprint density at radius 3 is 2.53 bits per heavy atom. The van der Waals surface area contributed by atoms with Crippen LogP contribution in [0.15, 0.2) is 42.5 Å². The summed E-state index contributed by atoms with van der Waals surface area (Å²) in [4.78, 5) is 11.1. The van der Waals surface area contributed by atoms with Crippen LogP contribution in [0.3, 0.4) is 0 Å². The highest BCUT2D eigenvalue weighted by molar-refractivity contribution is 5.94. The van der Waals surface area contributed by atoms with E-state index < -0.39 is 5.91 Å². The normalized spacial score (nSPS) is 10.2. The smallest absolute Gasteiger partial charge is 0.248 e. The molecule has 3 nitrogen and oxygen atoms in total. The molecule has 0 spiro atoms. The standard InChI is InChI=1S/C14H13NO2/c1-9-5-12(8-13(16)6-9)10-3-2-4-11(7-10)14(15)17/h2-8,16H,1H3,(H2,15,17). The molecule has 0 atom stereocenters. The molecule has 0 saturated carbocycles. The molecule has 17 heavy (non-hydrogen) atoms. The summed E-state index contributed by atoms with van der Waals surface area (Å²) in [5, 5.41) is 9.54. The van der Waals surface area contributed by atoms with E-state index in [0.29, 0.717) is 5.56 Å². The summed E-state index contributed by atoms with van der Waals surface area (Å²) in [5.74, 6) is -0.242. The van der Waals surface area contributed by atoms with Gasteiger partial charge in [0.25, 0.3) is 0 Å². The van der Waals surface area contributed by atoms with Crippen molar-refractivity contribution in [3.05, 3.63) is 53.6 Å². The van der Waals surface area contributed by atoms with Gasteiger partial charge in [-0.3, -0.25) is 4.79 Å². The fourth-order valence-electron chi connectivity index (χ4n) is 1.78. The largest absolute Gasteiger partial charge is 0.508 e. The minimum atomic E-state index is -0.455. The first-order valence-corrected chi connectivity index (χ1v) is 5.27. The van der Waals surface area contributed by atoms with Crippen LogP contribution in [0.1, 0.15) is 15.9 Å². The first-order valence-electron chi connectivity index (χ1n) is 5.27. The SMILES string of the molecule is Cc1cc(O)cc(-c2cccc(C(N)=O)c2)c1. The average molecular weight is 227 g/mol. The summed E-state index contributed by atoms with van der Waals surface area (Å²) in [6.07, 6.45) is 0. The number of carbonyl (C=O) groups excluding carboxylic acids is 1. The van der Waals surface area contributed by atoms with Crippen molar-refractivity contribution >= 4 is 5.91 Å². The number of rotatable bonds is 2. The number of hydrogen-bond donors (Lipinski definition) is 2. The molecule has 0 aliphatic rings. The molecule has 86 valence electrons. The summed E-state index contributed by atoms with van der Waals surface area (Å²) in [6.45, 7) is 1.90. The summed E-state index contributed by atoms with van der Waals surface area (Å²) in [5.41, 5.74) is 8.38. The average Bonchev–Trinajstić information content (AvgIpc) is 2.28. The number of nitrogens with two attached hydrogens (primary N) is 1. The lowest BCUT2D eigenvalue weighted by molar-refractivity contribution is 0.100. The zero-order valence-electron chi connectivity index (χ0n) is 9.47. The van der Waals surface area contributed by atoms with Crippen molar-refractivity contribution < 1.29 is 9.90 Å². The van der Waals surface area contributed by atoms with Crippen LogP contribution < -0.4 is 5.73 Å². The highest BCUT2D eigenvalue weighted by Crippen LogP contribution is 2.25. The molecular weight excluding hydrogens is 214 g/mol. The minimum Gasteiger partial charge on any atom is -0.508 e. The van der Waals surface area contributed by atoms with Gasteiger partial charge in [0.05, 0.1) is 0 Å². The van der Waals surface area contributed by atoms with E-state index in [1.54, 1.807) is 30.3 Å². The lowest BCUT2D eigenvalue weighted by Gasteiger charge is -2.05. The number of hydrogen-bond acceptors (Lipinski definition) is 2. The van der Waals surface area contributed by atoms with Gasteiger partial charge in [-0.25, -0.2) is 0 Å². The molecular formula is C14H13NO2. The quantitative estimate of drug-likeness (QED) is 0.827. The van der Waals surface area contributed by atoms with Gasteiger partial charge in [-0.1, -0.05) is 18.2 Å². The highest BCUT2D eigenvalue weighted by Gasteiger charge is 2.04. The molecule has 0 saturated heterocycles. The Morgan fingerprint density at radius 1 is 1.12 bits per heavy atom. The van der Waals surface area contributed by atoms with Gasteiger partial charge < -0.3 is 10.8 Å². The second-order valence-electron chi connectivity index (χ2n) is 4.00. The van der Waals surface area contributed by atoms with Crippen LogP contribution in [0.25, 0.3) is 11.1 Å². The fraction of sp³-hybridized carbons (Fsp3) is 0.0714. The van der Waals surface area contributed by atoms with Crippen molar-refractivity contribution in [3.8, 4) is 16.9 Å². The second kappa shape index (κ2) is 4.29. The molecule has 0 aliphatic heterocycles. The number of phenolic OH excluding ortho intramolecular Hbond substituents is 1. The van der Waals surface area contributed by atoms with E-state index >= 15 is 0 Å². The van der Waals surface area contributed by atoms with Gasteiger partial charge in [-0.2, -0.15) is 0 Å². The first kappa shape index (κ1) is 11.2. The molecule has 3 N–H and O–H groups in total. The van der Waals surface area contributed by atoms with Crippen molar-refractivity contribution in [1.82, 2.24) is 0 Å². The second-order valence-corrected chi connectivity index (χ2v) is 4.00. The van der Waals surface area contributed by atoms with Gasteiger partial charge in [0, 0.05) is 5.56 Å². The number of aryl methyl sites for hydroxylation is 1. The van der Waals surface area contributed by atoms with E-state index in [0.717, 1.165) is 16.7 Å². The van der Waals surface area contributed by atoms with Crippen molar-refractivity contribution in [2.75, 3.05) is 0 Å². The van der Waals surface area contributed by atoms with Crippen LogP contribution >= 0.6 is 0 Å². The summed E-state index contributed by atoms with van der Waals surface area (Å²) >= 11 is 0. The third-order valence-electron chi connectivity index (χ3n) is 2.54. The molecule has 0 aromatic heterocycles. The van der Waals surface area contributed by atoms with Gasteiger partial charge in [0.1, 0.15) is 5.75 Å².